The fraction of sp³-hybridized carbons (Fsp3) is 0.188. The average molecular weight is 518 g/mol. The number of hydrogen-bond acceptors (Lipinski definition) is 3. The molecule has 0 unspecified atom stereocenters. The molecule has 39 heavy (non-hydrogen) atoms. The molecule has 6 rings (SSSR count). The Morgan fingerprint density at radius 3 is 2.51 bits per heavy atom. The molecule has 7 nitrogen and oxygen atoms in total. The molecule has 2 amide bonds. The summed E-state index contributed by atoms with van der Waals surface area (Å²) in [7, 11) is 0. The molecule has 5 aromatic rings. The number of aromatic nitrogens is 3. The van der Waals surface area contributed by atoms with Gasteiger partial charge >= 0.3 is 6.03 Å². The van der Waals surface area contributed by atoms with Crippen molar-refractivity contribution < 1.29 is 9.53 Å². The van der Waals surface area contributed by atoms with Crippen LogP contribution in [0, 0.1) is 13.8 Å². The van der Waals surface area contributed by atoms with Crippen LogP contribution in [-0.2, 0) is 6.54 Å². The van der Waals surface area contributed by atoms with Crippen molar-refractivity contribution in [3.63, 3.8) is 0 Å². The molecule has 0 aliphatic carbocycles. The maximum absolute atomic E-state index is 14.1. The minimum absolute atomic E-state index is 0.182. The molecule has 0 saturated carbocycles. The van der Waals surface area contributed by atoms with E-state index in [1.165, 1.54) is 0 Å². The van der Waals surface area contributed by atoms with E-state index in [-0.39, 0.29) is 12.1 Å². The van der Waals surface area contributed by atoms with Gasteiger partial charge in [-0.1, -0.05) is 48.0 Å². The van der Waals surface area contributed by atoms with Crippen LogP contribution in [0.1, 0.15) is 41.0 Å². The molecule has 1 N–H and O–H groups in total. The number of urea groups is 1. The van der Waals surface area contributed by atoms with E-state index in [2.05, 4.69) is 65.5 Å². The van der Waals surface area contributed by atoms with Gasteiger partial charge in [0, 0.05) is 17.4 Å². The summed E-state index contributed by atoms with van der Waals surface area (Å²) in [5.74, 6) is 1.72. The summed E-state index contributed by atoms with van der Waals surface area (Å²) in [6, 6.07) is 29.6. The third-order valence-corrected chi connectivity index (χ3v) is 7.12. The number of aryl methyl sites for hydroxylation is 2. The molecular weight excluding hydrogens is 486 g/mol. The van der Waals surface area contributed by atoms with Crippen LogP contribution in [-0.4, -0.2) is 31.9 Å². The first-order valence-electron chi connectivity index (χ1n) is 13.2. The Hall–Kier alpha value is -4.78. The minimum atomic E-state index is -0.307. The predicted octanol–water partition coefficient (Wildman–Crippen LogP) is 6.82. The number of carbonyl (C=O) groups excluding carboxylic acids is 1. The van der Waals surface area contributed by atoms with E-state index in [0.717, 1.165) is 45.3 Å². The number of hydrogen-bond donors (Lipinski definition) is 1. The molecule has 7 heteroatoms. The highest BCUT2D eigenvalue weighted by Crippen LogP contribution is 2.39. The molecule has 1 atom stereocenters. The summed E-state index contributed by atoms with van der Waals surface area (Å²) in [6.45, 7) is 7.03. The molecule has 0 fully saturated rings. The third-order valence-electron chi connectivity index (χ3n) is 7.12. The maximum Gasteiger partial charge on any atom is 0.322 e. The first-order valence-corrected chi connectivity index (χ1v) is 13.2. The molecule has 1 aliphatic heterocycles. The number of anilines is 1. The topological polar surface area (TPSA) is 64.3 Å². The van der Waals surface area contributed by atoms with Crippen molar-refractivity contribution in [2.75, 3.05) is 11.9 Å². The second-order valence-corrected chi connectivity index (χ2v) is 9.77. The van der Waals surface area contributed by atoms with E-state index in [9.17, 15) is 4.79 Å². The Morgan fingerprint density at radius 2 is 1.77 bits per heavy atom. The van der Waals surface area contributed by atoms with Gasteiger partial charge in [0.25, 0.3) is 0 Å². The number of fused-ring (bicyclic) bond motifs is 3. The first-order chi connectivity index (χ1) is 19.0. The quantitative estimate of drug-likeness (QED) is 0.278. The van der Waals surface area contributed by atoms with Gasteiger partial charge < -0.3 is 19.5 Å². The summed E-state index contributed by atoms with van der Waals surface area (Å²) in [5.41, 5.74) is 6.78. The van der Waals surface area contributed by atoms with Crippen LogP contribution in [0.4, 0.5) is 10.5 Å². The van der Waals surface area contributed by atoms with Crippen molar-refractivity contribution in [1.29, 1.82) is 0 Å². The smallest absolute Gasteiger partial charge is 0.322 e. The zero-order valence-electron chi connectivity index (χ0n) is 22.3. The van der Waals surface area contributed by atoms with Gasteiger partial charge in [0.2, 0.25) is 0 Å². The van der Waals surface area contributed by atoms with E-state index in [0.29, 0.717) is 18.8 Å². The lowest BCUT2D eigenvalue weighted by atomic mass is 10.00. The second-order valence-electron chi connectivity index (χ2n) is 9.77. The largest absolute Gasteiger partial charge is 0.494 e. The van der Waals surface area contributed by atoms with E-state index >= 15 is 0 Å². The molecule has 1 aliphatic rings. The van der Waals surface area contributed by atoms with Crippen LogP contribution in [0.15, 0.2) is 97.2 Å². The summed E-state index contributed by atoms with van der Waals surface area (Å²) in [6.07, 6.45) is 2.06. The third kappa shape index (κ3) is 4.56. The van der Waals surface area contributed by atoms with Crippen molar-refractivity contribution in [3.05, 3.63) is 125 Å². The number of benzene rings is 3. The van der Waals surface area contributed by atoms with Crippen molar-refractivity contribution >= 4 is 11.7 Å². The summed E-state index contributed by atoms with van der Waals surface area (Å²) >= 11 is 0. The molecule has 0 saturated heterocycles. The lowest BCUT2D eigenvalue weighted by molar-refractivity contribution is 0.194. The highest BCUT2D eigenvalue weighted by molar-refractivity contribution is 5.90. The van der Waals surface area contributed by atoms with Crippen LogP contribution < -0.4 is 10.1 Å². The molecule has 3 aromatic carbocycles. The van der Waals surface area contributed by atoms with Gasteiger partial charge in [-0.15, -0.1) is 0 Å². The normalized spacial score (nSPS) is 14.3. The second kappa shape index (κ2) is 10.2. The molecule has 0 spiro atoms. The van der Waals surface area contributed by atoms with Crippen LogP contribution in [0.25, 0.3) is 11.5 Å². The van der Waals surface area contributed by atoms with Crippen LogP contribution in [0.2, 0.25) is 0 Å². The molecule has 3 heterocycles. The number of amides is 2. The summed E-state index contributed by atoms with van der Waals surface area (Å²) in [5, 5.41) is 8.05. The number of nitrogens with one attached hydrogen (secondary N) is 1. The van der Waals surface area contributed by atoms with Crippen LogP contribution in [0.5, 0.6) is 5.75 Å². The molecule has 196 valence electrons. The van der Waals surface area contributed by atoms with E-state index in [4.69, 9.17) is 9.84 Å². The van der Waals surface area contributed by atoms with Gasteiger partial charge in [0.15, 0.2) is 0 Å². The fourth-order valence-corrected chi connectivity index (χ4v) is 5.34. The SMILES string of the molecule is CCOc1ccc(NC(=O)N2Cc3c(C)nn(-c4ccccc4)c3-n3cccc3[C@@H]2c2cccc(C)c2)cc1. The molecule has 2 aromatic heterocycles. The van der Waals surface area contributed by atoms with Crippen LogP contribution >= 0.6 is 0 Å². The highest BCUT2D eigenvalue weighted by Gasteiger charge is 2.36. The Kier molecular flexibility index (Phi) is 6.40. The van der Waals surface area contributed by atoms with Gasteiger partial charge in [0.1, 0.15) is 11.6 Å². The number of para-hydroxylation sites is 1. The van der Waals surface area contributed by atoms with E-state index in [1.54, 1.807) is 0 Å². The number of ether oxygens (including phenoxy) is 1. The fourth-order valence-electron chi connectivity index (χ4n) is 5.34. The summed E-state index contributed by atoms with van der Waals surface area (Å²) in [4.78, 5) is 16.0. The Balaban J connectivity index is 1.48. The first kappa shape index (κ1) is 24.6. The molecule has 0 bridgehead atoms. The average Bonchev–Trinajstić information content (AvgIpc) is 3.50. The van der Waals surface area contributed by atoms with Crippen molar-refractivity contribution in [1.82, 2.24) is 19.2 Å². The minimum Gasteiger partial charge on any atom is -0.494 e. The van der Waals surface area contributed by atoms with Gasteiger partial charge in [-0.25, -0.2) is 9.48 Å². The van der Waals surface area contributed by atoms with Crippen molar-refractivity contribution in [2.24, 2.45) is 0 Å². The van der Waals surface area contributed by atoms with Gasteiger partial charge in [0.05, 0.1) is 36.3 Å². The van der Waals surface area contributed by atoms with Gasteiger partial charge in [-0.3, -0.25) is 0 Å². The number of carbonyl (C=O) groups is 1. The van der Waals surface area contributed by atoms with E-state index in [1.807, 2.05) is 72.0 Å². The maximum atomic E-state index is 14.1. The summed E-state index contributed by atoms with van der Waals surface area (Å²) < 4.78 is 9.73. The van der Waals surface area contributed by atoms with Crippen molar-refractivity contribution in [3.8, 4) is 17.3 Å². The van der Waals surface area contributed by atoms with Gasteiger partial charge in [-0.2, -0.15) is 5.10 Å². The van der Waals surface area contributed by atoms with E-state index < -0.39 is 0 Å². The predicted molar refractivity (Wildman–Crippen MR) is 153 cm³/mol. The highest BCUT2D eigenvalue weighted by atomic mass is 16.5. The monoisotopic (exact) mass is 517 g/mol. The Bertz CT molecular complexity index is 1620. The molecule has 0 radical (unpaired) electrons. The van der Waals surface area contributed by atoms with Crippen molar-refractivity contribution in [2.45, 2.75) is 33.4 Å². The zero-order valence-corrected chi connectivity index (χ0v) is 22.3. The molecular formula is C32H31N5O2. The number of nitrogens with zero attached hydrogens (tertiary/aromatic N) is 4. The lowest BCUT2D eigenvalue weighted by Gasteiger charge is -2.31. The zero-order chi connectivity index (χ0) is 26.9. The standard InChI is InChI=1S/C32H31N5O2/c1-4-39-27-17-15-25(16-18-27)33-32(38)36-21-28-23(3)34-37(26-12-6-5-7-13-26)31(28)35-19-9-14-29(35)30(36)24-11-8-10-22(2)20-24/h5-20,30H,4,21H2,1-3H3,(H,33,38)/t30-/m0/s1. The number of rotatable bonds is 5. The van der Waals surface area contributed by atoms with Crippen LogP contribution in [0.3, 0.4) is 0 Å². The Labute approximate surface area is 228 Å². The van der Waals surface area contributed by atoms with Gasteiger partial charge in [-0.05, 0) is 74.9 Å². The lowest BCUT2D eigenvalue weighted by Crippen LogP contribution is -2.38. The Morgan fingerprint density at radius 1 is 0.974 bits per heavy atom.